The van der Waals surface area contributed by atoms with Crippen LogP contribution in [0.15, 0.2) is 0 Å². The summed E-state index contributed by atoms with van der Waals surface area (Å²) in [6, 6.07) is -1.43. The zero-order chi connectivity index (χ0) is 35.6. The third-order valence-electron chi connectivity index (χ3n) is 6.29. The number of amides is 1. The lowest BCUT2D eigenvalue weighted by Crippen LogP contribution is -2.69. The molecule has 2 aliphatic rings. The number of ether oxygens (including phenoxy) is 10. The largest absolute Gasteiger partial charge is 0.463 e. The van der Waals surface area contributed by atoms with Crippen molar-refractivity contribution in [2.45, 2.75) is 117 Å². The molecule has 0 aliphatic carbocycles. The van der Waals surface area contributed by atoms with Crippen LogP contribution in [0.4, 0.5) is 0 Å². The molecule has 0 aromatic heterocycles. The monoisotopic (exact) mass is 677 g/mol. The van der Waals surface area contributed by atoms with Crippen molar-refractivity contribution in [1.82, 2.24) is 5.32 Å². The highest BCUT2D eigenvalue weighted by atomic mass is 16.8. The van der Waals surface area contributed by atoms with Crippen molar-refractivity contribution >= 4 is 47.7 Å². The number of carbonyl (C=O) groups is 8. The van der Waals surface area contributed by atoms with Gasteiger partial charge in [0.2, 0.25) is 12.2 Å². The van der Waals surface area contributed by atoms with Crippen LogP contribution in [0.1, 0.15) is 55.4 Å². The molecule has 2 fully saturated rings. The van der Waals surface area contributed by atoms with Gasteiger partial charge in [0.1, 0.15) is 37.6 Å². The second-order valence-electron chi connectivity index (χ2n) is 10.4. The lowest BCUT2D eigenvalue weighted by molar-refractivity contribution is -0.348. The van der Waals surface area contributed by atoms with Gasteiger partial charge in [0.05, 0.1) is 0 Å². The average Bonchev–Trinajstić information content (AvgIpc) is 2.91. The number of esters is 7. The Hall–Kier alpha value is -4.36. The molecule has 0 saturated carbocycles. The van der Waals surface area contributed by atoms with Gasteiger partial charge in [-0.25, -0.2) is 0 Å². The zero-order valence-corrected chi connectivity index (χ0v) is 27.0. The number of carbonyl (C=O) groups excluding carboxylic acids is 8. The van der Waals surface area contributed by atoms with Gasteiger partial charge >= 0.3 is 41.8 Å². The number of nitrogens with one attached hydrogen (secondary N) is 1. The van der Waals surface area contributed by atoms with Crippen LogP contribution in [0.25, 0.3) is 0 Å². The molecule has 0 unspecified atom stereocenters. The quantitative estimate of drug-likeness (QED) is 0.187. The second kappa shape index (κ2) is 17.5. The fraction of sp³-hybridized carbons (Fsp3) is 0.714. The molecule has 47 heavy (non-hydrogen) atoms. The van der Waals surface area contributed by atoms with E-state index in [4.69, 9.17) is 47.4 Å². The Balaban J connectivity index is 2.73. The van der Waals surface area contributed by atoms with Gasteiger partial charge in [0, 0.05) is 55.4 Å². The van der Waals surface area contributed by atoms with E-state index in [1.807, 2.05) is 0 Å². The normalized spacial score (nSPS) is 30.0. The highest BCUT2D eigenvalue weighted by Crippen LogP contribution is 2.34. The van der Waals surface area contributed by atoms with E-state index in [2.05, 4.69) is 5.32 Å². The molecule has 1 N–H and O–H groups in total. The van der Waals surface area contributed by atoms with E-state index in [-0.39, 0.29) is 0 Å². The molecule has 264 valence electrons. The summed E-state index contributed by atoms with van der Waals surface area (Å²) in [4.78, 5) is 96.5. The first kappa shape index (κ1) is 38.8. The molecule has 1 amide bonds. The van der Waals surface area contributed by atoms with Crippen molar-refractivity contribution < 1.29 is 85.7 Å². The van der Waals surface area contributed by atoms with E-state index in [1.165, 1.54) is 0 Å². The summed E-state index contributed by atoms with van der Waals surface area (Å²) in [5, 5.41) is 2.48. The van der Waals surface area contributed by atoms with Crippen LogP contribution < -0.4 is 5.32 Å². The summed E-state index contributed by atoms with van der Waals surface area (Å²) < 4.78 is 55.2. The number of hydrogen-bond donors (Lipinski definition) is 1. The first-order valence-corrected chi connectivity index (χ1v) is 14.3. The molecule has 0 aromatic rings. The Morgan fingerprint density at radius 2 is 0.872 bits per heavy atom. The minimum atomic E-state index is -1.80. The fourth-order valence-electron chi connectivity index (χ4n) is 4.84. The molecule has 2 heterocycles. The predicted octanol–water partition coefficient (Wildman–Crippen LogP) is -1.26. The molecule has 0 bridgehead atoms. The smallest absolute Gasteiger partial charge is 0.305 e. The molecule has 2 rings (SSSR count). The topological polar surface area (TPSA) is 241 Å². The SMILES string of the molecule is CC(=O)N[C@H]1[C@@H](OC(C)=O)O[C@H](COC(C)=O)[C@@H](O[C@@H]2O[C@H](COC(C)=O)[C@@H](OC(C)=O)[C@H](OC(C)=O)[C@H]2OC(C)=O)[C@@H]1OC(C)=O. The Bertz CT molecular complexity index is 1200. The summed E-state index contributed by atoms with van der Waals surface area (Å²) in [6.45, 7) is 7.30. The Labute approximate surface area is 269 Å². The molecule has 0 spiro atoms. The lowest BCUT2D eigenvalue weighted by atomic mass is 9.94. The molecule has 0 aromatic carbocycles. The van der Waals surface area contributed by atoms with E-state index >= 15 is 0 Å². The van der Waals surface area contributed by atoms with Crippen LogP contribution in [0.2, 0.25) is 0 Å². The molecule has 19 heteroatoms. The molecular formula is C28H39NO18. The average molecular weight is 678 g/mol. The third kappa shape index (κ3) is 12.1. The first-order chi connectivity index (χ1) is 21.9. The van der Waals surface area contributed by atoms with Crippen LogP contribution in [0.5, 0.6) is 0 Å². The molecule has 2 saturated heterocycles. The van der Waals surface area contributed by atoms with E-state index in [9.17, 15) is 38.4 Å². The number of hydrogen-bond acceptors (Lipinski definition) is 18. The van der Waals surface area contributed by atoms with Crippen LogP contribution in [0, 0.1) is 0 Å². The van der Waals surface area contributed by atoms with E-state index in [0.29, 0.717) is 0 Å². The molecule has 2 aliphatic heterocycles. The Morgan fingerprint density at radius 1 is 0.468 bits per heavy atom. The second-order valence-corrected chi connectivity index (χ2v) is 10.4. The maximum absolute atomic E-state index is 12.3. The van der Waals surface area contributed by atoms with E-state index < -0.39 is 122 Å². The summed E-state index contributed by atoms with van der Waals surface area (Å²) in [6.07, 6.45) is -14.2. The minimum Gasteiger partial charge on any atom is -0.463 e. The zero-order valence-electron chi connectivity index (χ0n) is 27.0. The maximum Gasteiger partial charge on any atom is 0.305 e. The third-order valence-corrected chi connectivity index (χ3v) is 6.29. The highest BCUT2D eigenvalue weighted by molar-refractivity contribution is 5.74. The fourth-order valence-corrected chi connectivity index (χ4v) is 4.84. The van der Waals surface area contributed by atoms with Gasteiger partial charge in [-0.1, -0.05) is 0 Å². The van der Waals surface area contributed by atoms with Gasteiger partial charge in [-0.3, -0.25) is 38.4 Å². The van der Waals surface area contributed by atoms with Crippen LogP contribution in [-0.2, 0) is 85.7 Å². The summed E-state index contributed by atoms with van der Waals surface area (Å²) in [7, 11) is 0. The first-order valence-electron chi connectivity index (χ1n) is 14.3. The molecular weight excluding hydrogens is 638 g/mol. The molecule has 19 nitrogen and oxygen atoms in total. The summed E-state index contributed by atoms with van der Waals surface area (Å²) in [5.74, 6) is -6.64. The summed E-state index contributed by atoms with van der Waals surface area (Å²) >= 11 is 0. The summed E-state index contributed by atoms with van der Waals surface area (Å²) in [5.41, 5.74) is 0. The molecule has 0 radical (unpaired) electrons. The van der Waals surface area contributed by atoms with E-state index in [1.54, 1.807) is 0 Å². The van der Waals surface area contributed by atoms with Crippen LogP contribution in [-0.4, -0.2) is 122 Å². The maximum atomic E-state index is 12.3. The lowest BCUT2D eigenvalue weighted by Gasteiger charge is -2.48. The van der Waals surface area contributed by atoms with Gasteiger partial charge in [0.15, 0.2) is 30.7 Å². The van der Waals surface area contributed by atoms with Gasteiger partial charge in [0.25, 0.3) is 0 Å². The van der Waals surface area contributed by atoms with Gasteiger partial charge in [-0.15, -0.1) is 0 Å². The van der Waals surface area contributed by atoms with Crippen molar-refractivity contribution in [2.75, 3.05) is 13.2 Å². The van der Waals surface area contributed by atoms with Gasteiger partial charge < -0.3 is 52.7 Å². The minimum absolute atomic E-state index is 0.577. The van der Waals surface area contributed by atoms with Crippen LogP contribution >= 0.6 is 0 Å². The van der Waals surface area contributed by atoms with Gasteiger partial charge in [-0.2, -0.15) is 0 Å². The number of rotatable bonds is 12. The van der Waals surface area contributed by atoms with Crippen molar-refractivity contribution in [2.24, 2.45) is 0 Å². The highest BCUT2D eigenvalue weighted by Gasteiger charge is 2.57. The van der Waals surface area contributed by atoms with Crippen molar-refractivity contribution in [3.63, 3.8) is 0 Å². The van der Waals surface area contributed by atoms with E-state index in [0.717, 1.165) is 55.4 Å². The van der Waals surface area contributed by atoms with Crippen LogP contribution in [0.3, 0.4) is 0 Å². The van der Waals surface area contributed by atoms with Crippen molar-refractivity contribution in [3.8, 4) is 0 Å². The molecule has 10 atom stereocenters. The van der Waals surface area contributed by atoms with Crippen molar-refractivity contribution in [3.05, 3.63) is 0 Å². The van der Waals surface area contributed by atoms with Gasteiger partial charge in [-0.05, 0) is 0 Å². The Kier molecular flexibility index (Phi) is 14.5. The Morgan fingerprint density at radius 3 is 1.32 bits per heavy atom. The van der Waals surface area contributed by atoms with Crippen molar-refractivity contribution in [1.29, 1.82) is 0 Å². The standard InChI is InChI=1S/C28H39NO18/c1-11(30)29-21-24(41-15(5)34)22(19(9-38-12(2)31)45-27(21)44-18(8)37)47-28-26(43-17(7)36)25(42-16(6)35)23(40-14(4)33)20(46-28)10-39-13(3)32/h19-28H,9-10H2,1-8H3,(H,29,30)/t19-,20-,21-,22-,23-,24-,25+,26-,27+,28+/m1/s1. The predicted molar refractivity (Wildman–Crippen MR) is 147 cm³/mol.